The first kappa shape index (κ1) is 21.9. The van der Waals surface area contributed by atoms with Gasteiger partial charge in [0.05, 0.1) is 21.9 Å². The van der Waals surface area contributed by atoms with Gasteiger partial charge in [0.25, 0.3) is 0 Å². The molecule has 0 atom stereocenters. The summed E-state index contributed by atoms with van der Waals surface area (Å²) in [7, 11) is 0. The number of fused-ring (bicyclic) bond motifs is 5. The van der Waals surface area contributed by atoms with Crippen molar-refractivity contribution in [3.05, 3.63) is 52.3 Å². The lowest BCUT2D eigenvalue weighted by Crippen LogP contribution is -2.11. The number of nitrogens with zero attached hydrogens (tertiary/aromatic N) is 9. The van der Waals surface area contributed by atoms with Crippen LogP contribution in [0.25, 0.3) is 37.6 Å². The topological polar surface area (TPSA) is 91.6 Å². The van der Waals surface area contributed by atoms with E-state index >= 15 is 0 Å². The van der Waals surface area contributed by atoms with Crippen LogP contribution in [0.15, 0.2) is 24.7 Å². The molecule has 6 rings (SSSR count). The normalized spacial score (nSPS) is 12.5. The first-order valence-corrected chi connectivity index (χ1v) is 11.6. The van der Waals surface area contributed by atoms with E-state index in [1.807, 2.05) is 13.8 Å². The SMILES string of the molecule is Cc1nn(Cn2ccc(-c3nc4c5sc6nc(C(F)(F)F)cc(C)c6c5ncn4n3)n2)c(C)c1Cl. The monoisotopic (exact) mass is 517 g/mol. The quantitative estimate of drug-likeness (QED) is 0.326. The van der Waals surface area contributed by atoms with Crippen LogP contribution in [0, 0.1) is 20.8 Å². The molecule has 0 fully saturated rings. The lowest BCUT2D eigenvalue weighted by atomic mass is 10.1. The zero-order valence-corrected chi connectivity index (χ0v) is 20.0. The minimum absolute atomic E-state index is 0.255. The van der Waals surface area contributed by atoms with Gasteiger partial charge in [-0.15, -0.1) is 16.4 Å². The Morgan fingerprint density at radius 1 is 1.09 bits per heavy atom. The second kappa shape index (κ2) is 7.46. The van der Waals surface area contributed by atoms with Crippen LogP contribution in [0.2, 0.25) is 5.02 Å². The third-order valence-electron chi connectivity index (χ3n) is 5.70. The average molecular weight is 518 g/mol. The van der Waals surface area contributed by atoms with E-state index in [1.165, 1.54) is 10.8 Å². The van der Waals surface area contributed by atoms with E-state index in [0.717, 1.165) is 28.8 Å². The van der Waals surface area contributed by atoms with E-state index in [9.17, 15) is 13.2 Å². The lowest BCUT2D eigenvalue weighted by molar-refractivity contribution is -0.141. The van der Waals surface area contributed by atoms with Gasteiger partial charge in [0.15, 0.2) is 5.65 Å². The zero-order valence-electron chi connectivity index (χ0n) is 18.5. The highest BCUT2D eigenvalue weighted by atomic mass is 35.5. The highest BCUT2D eigenvalue weighted by Crippen LogP contribution is 2.38. The van der Waals surface area contributed by atoms with E-state index in [-0.39, 0.29) is 4.83 Å². The smallest absolute Gasteiger partial charge is 0.250 e. The minimum Gasteiger partial charge on any atom is -0.250 e. The van der Waals surface area contributed by atoms with Crippen molar-refractivity contribution >= 4 is 49.0 Å². The maximum atomic E-state index is 13.3. The van der Waals surface area contributed by atoms with Gasteiger partial charge in [-0.2, -0.15) is 23.4 Å². The second-order valence-corrected chi connectivity index (χ2v) is 9.47. The van der Waals surface area contributed by atoms with Crippen molar-refractivity contribution in [3.8, 4) is 11.5 Å². The molecule has 0 aromatic carbocycles. The first-order chi connectivity index (χ1) is 16.6. The molecule has 0 aliphatic carbocycles. The summed E-state index contributed by atoms with van der Waals surface area (Å²) < 4.78 is 45.3. The molecule has 178 valence electrons. The van der Waals surface area contributed by atoms with E-state index in [4.69, 9.17) is 11.6 Å². The van der Waals surface area contributed by atoms with Crippen molar-refractivity contribution in [3.63, 3.8) is 0 Å². The van der Waals surface area contributed by atoms with Gasteiger partial charge in [-0.1, -0.05) is 11.6 Å². The molecule has 0 unspecified atom stereocenters. The van der Waals surface area contributed by atoms with Crippen molar-refractivity contribution in [1.29, 1.82) is 0 Å². The predicted octanol–water partition coefficient (Wildman–Crippen LogP) is 5.05. The van der Waals surface area contributed by atoms with E-state index < -0.39 is 11.9 Å². The highest BCUT2D eigenvalue weighted by Gasteiger charge is 2.33. The van der Waals surface area contributed by atoms with Crippen LogP contribution in [-0.2, 0) is 12.8 Å². The van der Waals surface area contributed by atoms with Gasteiger partial charge in [0.1, 0.15) is 33.9 Å². The molecule has 6 aromatic heterocycles. The van der Waals surface area contributed by atoms with Crippen LogP contribution in [0.1, 0.15) is 22.6 Å². The molecule has 6 heterocycles. The summed E-state index contributed by atoms with van der Waals surface area (Å²) >= 11 is 7.34. The van der Waals surface area contributed by atoms with Crippen molar-refractivity contribution in [2.45, 2.75) is 33.6 Å². The van der Waals surface area contributed by atoms with Crippen LogP contribution < -0.4 is 0 Å². The van der Waals surface area contributed by atoms with Crippen molar-refractivity contribution in [2.24, 2.45) is 0 Å². The number of aryl methyl sites for hydroxylation is 2. The minimum atomic E-state index is -4.53. The van der Waals surface area contributed by atoms with Crippen LogP contribution in [0.4, 0.5) is 13.2 Å². The molecular formula is C21H15ClF3N9S. The maximum absolute atomic E-state index is 13.3. The predicted molar refractivity (Wildman–Crippen MR) is 125 cm³/mol. The standard InChI is InChI=1S/C21H15ClF3N9S/c1-9-6-13(21(23,24)25)27-20-14(9)16-17(35-20)19-28-18(31-33(19)7-26-16)12-4-5-32(30-12)8-34-11(3)15(22)10(2)29-34/h4-7H,8H2,1-3H3. The van der Waals surface area contributed by atoms with Crippen molar-refractivity contribution < 1.29 is 13.2 Å². The largest absolute Gasteiger partial charge is 0.433 e. The fourth-order valence-electron chi connectivity index (χ4n) is 3.97. The molecule has 0 radical (unpaired) electrons. The molecule has 35 heavy (non-hydrogen) atoms. The first-order valence-electron chi connectivity index (χ1n) is 10.4. The lowest BCUT2D eigenvalue weighted by Gasteiger charge is -2.06. The Balaban J connectivity index is 1.42. The molecule has 0 spiro atoms. The van der Waals surface area contributed by atoms with Crippen LogP contribution in [0.5, 0.6) is 0 Å². The summed E-state index contributed by atoms with van der Waals surface area (Å²) in [6.45, 7) is 5.70. The third-order valence-corrected chi connectivity index (χ3v) is 7.31. The Morgan fingerprint density at radius 3 is 2.60 bits per heavy atom. The van der Waals surface area contributed by atoms with E-state index in [1.54, 1.807) is 28.6 Å². The summed E-state index contributed by atoms with van der Waals surface area (Å²) in [5, 5.41) is 14.6. The van der Waals surface area contributed by atoms with Gasteiger partial charge in [-0.3, -0.25) is 4.68 Å². The number of pyridine rings is 1. The Hall–Kier alpha value is -3.58. The van der Waals surface area contributed by atoms with Crippen LogP contribution in [-0.4, -0.2) is 44.1 Å². The van der Waals surface area contributed by atoms with Gasteiger partial charge in [-0.25, -0.2) is 24.1 Å². The molecule has 9 nitrogen and oxygen atoms in total. The van der Waals surface area contributed by atoms with Crippen molar-refractivity contribution in [1.82, 2.24) is 44.1 Å². The van der Waals surface area contributed by atoms with Gasteiger partial charge in [0.2, 0.25) is 5.82 Å². The summed E-state index contributed by atoms with van der Waals surface area (Å²) in [5.74, 6) is 0.363. The molecule has 14 heteroatoms. The molecule has 0 aliphatic rings. The molecular weight excluding hydrogens is 503 g/mol. The fraction of sp³-hybridized carbons (Fsp3) is 0.238. The second-order valence-electron chi connectivity index (χ2n) is 8.10. The van der Waals surface area contributed by atoms with Gasteiger partial charge in [-0.05, 0) is 38.5 Å². The molecule has 0 aliphatic heterocycles. The number of hydrogen-bond acceptors (Lipinski definition) is 7. The van der Waals surface area contributed by atoms with Gasteiger partial charge < -0.3 is 0 Å². The van der Waals surface area contributed by atoms with Gasteiger partial charge in [0, 0.05) is 11.6 Å². The molecule has 6 aromatic rings. The zero-order chi connectivity index (χ0) is 24.6. The Bertz CT molecular complexity index is 1780. The van der Waals surface area contributed by atoms with E-state index in [2.05, 4.69) is 30.2 Å². The molecule has 0 saturated carbocycles. The fourth-order valence-corrected chi connectivity index (χ4v) is 5.29. The maximum Gasteiger partial charge on any atom is 0.433 e. The van der Waals surface area contributed by atoms with E-state index in [0.29, 0.717) is 50.0 Å². The number of aromatic nitrogens is 9. The number of halogens is 4. The Kier molecular flexibility index (Phi) is 4.67. The Labute approximate surface area is 203 Å². The molecule has 0 bridgehead atoms. The summed E-state index contributed by atoms with van der Waals surface area (Å²) in [4.78, 5) is 13.1. The average Bonchev–Trinajstić information content (AvgIpc) is 3.55. The van der Waals surface area contributed by atoms with Gasteiger partial charge >= 0.3 is 6.18 Å². The number of thiophene rings is 1. The molecule has 0 N–H and O–H groups in total. The highest BCUT2D eigenvalue weighted by molar-refractivity contribution is 7.26. The number of hydrogen-bond donors (Lipinski definition) is 0. The summed E-state index contributed by atoms with van der Waals surface area (Å²) in [6.07, 6.45) is -1.26. The Morgan fingerprint density at radius 2 is 1.89 bits per heavy atom. The number of alkyl halides is 3. The van der Waals surface area contributed by atoms with Crippen LogP contribution in [0.3, 0.4) is 0 Å². The van der Waals surface area contributed by atoms with Crippen LogP contribution >= 0.6 is 22.9 Å². The summed E-state index contributed by atoms with van der Waals surface area (Å²) in [6, 6.07) is 2.82. The third kappa shape index (κ3) is 3.45. The number of rotatable bonds is 3. The molecule has 0 amide bonds. The molecule has 0 saturated heterocycles. The summed E-state index contributed by atoms with van der Waals surface area (Å²) in [5.41, 5.74) is 2.65. The van der Waals surface area contributed by atoms with Crippen molar-refractivity contribution in [2.75, 3.05) is 0 Å².